The Labute approximate surface area is 106 Å². The first-order chi connectivity index (χ1) is 7.86. The Hall–Kier alpha value is -0.830. The fraction of sp³-hybridized carbons (Fsp3) is 0.786. The average molecular weight is 241 g/mol. The lowest BCUT2D eigenvalue weighted by Gasteiger charge is -2.24. The van der Waals surface area contributed by atoms with E-state index >= 15 is 0 Å². The molecule has 0 bridgehead atoms. The summed E-state index contributed by atoms with van der Waals surface area (Å²) in [5.41, 5.74) is 0.685. The van der Waals surface area contributed by atoms with E-state index in [4.69, 9.17) is 0 Å². The maximum Gasteiger partial charge on any atom is 0.333 e. The monoisotopic (exact) mass is 241 g/mol. The van der Waals surface area contributed by atoms with Crippen molar-refractivity contribution in [3.05, 3.63) is 11.6 Å². The van der Waals surface area contributed by atoms with Crippen LogP contribution in [-0.4, -0.2) is 37.6 Å². The minimum atomic E-state index is -0.237. The van der Waals surface area contributed by atoms with Crippen LogP contribution in [0.15, 0.2) is 11.6 Å². The molecule has 0 saturated carbocycles. The summed E-state index contributed by atoms with van der Waals surface area (Å²) in [6.45, 7) is 13.6. The van der Waals surface area contributed by atoms with Gasteiger partial charge in [-0.2, -0.15) is 0 Å². The van der Waals surface area contributed by atoms with Crippen LogP contribution in [-0.2, 0) is 9.53 Å². The largest absolute Gasteiger partial charge is 0.466 e. The molecule has 0 radical (unpaired) electrons. The van der Waals surface area contributed by atoms with Gasteiger partial charge in [0.05, 0.1) is 7.11 Å². The number of carbonyl (C=O) groups is 1. The second kappa shape index (κ2) is 8.29. The van der Waals surface area contributed by atoms with Gasteiger partial charge in [-0.25, -0.2) is 4.79 Å². The van der Waals surface area contributed by atoms with Gasteiger partial charge in [0, 0.05) is 25.2 Å². The Kier molecular flexibility index (Phi) is 7.88. The fourth-order valence-electron chi connectivity index (χ4n) is 1.77. The van der Waals surface area contributed by atoms with Gasteiger partial charge in [-0.1, -0.05) is 33.8 Å². The molecule has 0 fully saturated rings. The highest BCUT2D eigenvalue weighted by atomic mass is 16.5. The van der Waals surface area contributed by atoms with E-state index < -0.39 is 0 Å². The van der Waals surface area contributed by atoms with Crippen LogP contribution >= 0.6 is 0 Å². The summed E-state index contributed by atoms with van der Waals surface area (Å²) in [5, 5.41) is 0. The summed E-state index contributed by atoms with van der Waals surface area (Å²) in [7, 11) is 1.42. The molecule has 0 spiro atoms. The van der Waals surface area contributed by atoms with Gasteiger partial charge in [-0.05, 0) is 18.8 Å². The van der Waals surface area contributed by atoms with Crippen molar-refractivity contribution in [2.75, 3.05) is 26.7 Å². The third kappa shape index (κ3) is 7.97. The second-order valence-corrected chi connectivity index (χ2v) is 5.38. The van der Waals surface area contributed by atoms with Gasteiger partial charge in [0.1, 0.15) is 0 Å². The highest BCUT2D eigenvalue weighted by molar-refractivity contribution is 5.87. The molecular formula is C14H27NO2. The lowest BCUT2D eigenvalue weighted by Crippen LogP contribution is -2.31. The average Bonchev–Trinajstić information content (AvgIpc) is 2.22. The third-order valence-corrected chi connectivity index (χ3v) is 2.41. The van der Waals surface area contributed by atoms with Gasteiger partial charge in [0.15, 0.2) is 0 Å². The molecule has 0 aliphatic carbocycles. The molecule has 0 aromatic carbocycles. The maximum absolute atomic E-state index is 11.3. The van der Waals surface area contributed by atoms with Crippen molar-refractivity contribution in [2.45, 2.75) is 34.6 Å². The van der Waals surface area contributed by atoms with Crippen LogP contribution in [0, 0.1) is 11.8 Å². The van der Waals surface area contributed by atoms with Crippen molar-refractivity contribution in [2.24, 2.45) is 11.8 Å². The summed E-state index contributed by atoms with van der Waals surface area (Å²) in [6.07, 6.45) is 1.95. The molecule has 0 saturated heterocycles. The van der Waals surface area contributed by atoms with E-state index in [1.165, 1.54) is 7.11 Å². The van der Waals surface area contributed by atoms with Gasteiger partial charge < -0.3 is 4.74 Å². The summed E-state index contributed by atoms with van der Waals surface area (Å²) < 4.78 is 4.68. The molecule has 3 nitrogen and oxygen atoms in total. The van der Waals surface area contributed by atoms with E-state index in [-0.39, 0.29) is 5.97 Å². The van der Waals surface area contributed by atoms with Gasteiger partial charge in [0.2, 0.25) is 0 Å². The minimum Gasteiger partial charge on any atom is -0.466 e. The molecule has 0 rings (SSSR count). The zero-order valence-corrected chi connectivity index (χ0v) is 12.1. The van der Waals surface area contributed by atoms with E-state index in [0.717, 1.165) is 19.6 Å². The first kappa shape index (κ1) is 16.2. The number of ether oxygens (including phenoxy) is 1. The number of rotatable bonds is 7. The predicted molar refractivity (Wildman–Crippen MR) is 71.9 cm³/mol. The number of methoxy groups -OCH3 is 1. The summed E-state index contributed by atoms with van der Waals surface area (Å²) >= 11 is 0. The van der Waals surface area contributed by atoms with E-state index in [9.17, 15) is 4.79 Å². The quantitative estimate of drug-likeness (QED) is 0.507. The fourth-order valence-corrected chi connectivity index (χ4v) is 1.77. The normalized spacial score (nSPS) is 12.6. The number of hydrogen-bond acceptors (Lipinski definition) is 3. The van der Waals surface area contributed by atoms with Crippen LogP contribution < -0.4 is 0 Å². The second-order valence-electron chi connectivity index (χ2n) is 5.38. The Bertz CT molecular complexity index is 247. The first-order valence-electron chi connectivity index (χ1n) is 6.34. The molecule has 0 unspecified atom stereocenters. The molecular weight excluding hydrogens is 214 g/mol. The zero-order valence-electron chi connectivity index (χ0n) is 12.1. The summed E-state index contributed by atoms with van der Waals surface area (Å²) in [5.74, 6) is 1.04. The molecule has 0 aromatic heterocycles. The number of carbonyl (C=O) groups excluding carboxylic acids is 1. The highest BCUT2D eigenvalue weighted by Gasteiger charge is 2.09. The topological polar surface area (TPSA) is 29.5 Å². The smallest absolute Gasteiger partial charge is 0.333 e. The molecule has 0 aliphatic heterocycles. The van der Waals surface area contributed by atoms with Gasteiger partial charge in [-0.15, -0.1) is 0 Å². The molecule has 0 aliphatic rings. The van der Waals surface area contributed by atoms with Crippen molar-refractivity contribution in [1.82, 2.24) is 4.90 Å². The molecule has 0 N–H and O–H groups in total. The molecule has 0 amide bonds. The van der Waals surface area contributed by atoms with Crippen molar-refractivity contribution < 1.29 is 9.53 Å². The van der Waals surface area contributed by atoms with E-state index in [0.29, 0.717) is 17.4 Å². The van der Waals surface area contributed by atoms with Crippen molar-refractivity contribution >= 4 is 5.97 Å². The van der Waals surface area contributed by atoms with E-state index in [2.05, 4.69) is 37.3 Å². The number of nitrogens with zero attached hydrogens (tertiary/aromatic N) is 1. The van der Waals surface area contributed by atoms with Crippen LogP contribution in [0.2, 0.25) is 0 Å². The lowest BCUT2D eigenvalue weighted by molar-refractivity contribution is -0.136. The maximum atomic E-state index is 11.3. The highest BCUT2D eigenvalue weighted by Crippen LogP contribution is 2.05. The minimum absolute atomic E-state index is 0.237. The first-order valence-corrected chi connectivity index (χ1v) is 6.34. The number of hydrogen-bond donors (Lipinski definition) is 0. The van der Waals surface area contributed by atoms with Gasteiger partial charge in [-0.3, -0.25) is 4.90 Å². The predicted octanol–water partition coefficient (Wildman–Crippen LogP) is 2.72. The molecule has 0 atom stereocenters. The molecule has 17 heavy (non-hydrogen) atoms. The van der Waals surface area contributed by atoms with E-state index in [1.54, 1.807) is 6.92 Å². The number of esters is 1. The van der Waals surface area contributed by atoms with Crippen molar-refractivity contribution in [3.63, 3.8) is 0 Å². The zero-order chi connectivity index (χ0) is 13.4. The Morgan fingerprint density at radius 2 is 1.65 bits per heavy atom. The van der Waals surface area contributed by atoms with Crippen LogP contribution in [0.4, 0.5) is 0 Å². The summed E-state index contributed by atoms with van der Waals surface area (Å²) in [6, 6.07) is 0. The standard InChI is InChI=1S/C14H27NO2/c1-11(2)9-15(10-12(3)4)8-7-13(5)14(16)17-6/h7,11-12H,8-10H2,1-6H3. The van der Waals surface area contributed by atoms with Gasteiger partial charge >= 0.3 is 5.97 Å². The van der Waals surface area contributed by atoms with Crippen molar-refractivity contribution in [1.29, 1.82) is 0 Å². The Balaban J connectivity index is 4.37. The Morgan fingerprint density at radius 3 is 2.00 bits per heavy atom. The van der Waals surface area contributed by atoms with Crippen molar-refractivity contribution in [3.8, 4) is 0 Å². The summed E-state index contributed by atoms with van der Waals surface area (Å²) in [4.78, 5) is 13.6. The SMILES string of the molecule is COC(=O)C(C)=CCN(CC(C)C)CC(C)C. The van der Waals surface area contributed by atoms with E-state index in [1.807, 2.05) is 6.08 Å². The van der Waals surface area contributed by atoms with Crippen LogP contribution in [0.5, 0.6) is 0 Å². The van der Waals surface area contributed by atoms with Gasteiger partial charge in [0.25, 0.3) is 0 Å². The molecule has 0 heterocycles. The van der Waals surface area contributed by atoms with Crippen LogP contribution in [0.3, 0.4) is 0 Å². The molecule has 100 valence electrons. The molecule has 3 heteroatoms. The van der Waals surface area contributed by atoms with Crippen LogP contribution in [0.1, 0.15) is 34.6 Å². The lowest BCUT2D eigenvalue weighted by atomic mass is 10.1. The molecule has 0 aromatic rings. The Morgan fingerprint density at radius 1 is 1.18 bits per heavy atom. The third-order valence-electron chi connectivity index (χ3n) is 2.41. The van der Waals surface area contributed by atoms with Crippen LogP contribution in [0.25, 0.3) is 0 Å².